The molecule has 3 rings (SSSR count). The minimum absolute atomic E-state index is 0.195. The molecule has 0 radical (unpaired) electrons. The number of nitrogens with zero attached hydrogens (tertiary/aromatic N) is 2. The number of hydrogen-bond acceptors (Lipinski definition) is 2. The van der Waals surface area contributed by atoms with Gasteiger partial charge in [0.05, 0.1) is 4.90 Å². The van der Waals surface area contributed by atoms with Crippen LogP contribution in [0.1, 0.15) is 24.0 Å². The molecule has 1 aromatic carbocycles. The van der Waals surface area contributed by atoms with E-state index in [1.54, 1.807) is 18.2 Å². The van der Waals surface area contributed by atoms with Gasteiger partial charge < -0.3 is 4.57 Å². The molecule has 4 nitrogen and oxygen atoms in total. The molecule has 0 spiro atoms. The highest BCUT2D eigenvalue weighted by molar-refractivity contribution is 7.89. The molecule has 2 heterocycles. The van der Waals surface area contributed by atoms with Crippen molar-refractivity contribution < 1.29 is 12.8 Å². The summed E-state index contributed by atoms with van der Waals surface area (Å²) in [6.45, 7) is 5.06. The summed E-state index contributed by atoms with van der Waals surface area (Å²) >= 11 is 0. The highest BCUT2D eigenvalue weighted by atomic mass is 32.2. The monoisotopic (exact) mass is 350 g/mol. The quantitative estimate of drug-likeness (QED) is 0.849. The first kappa shape index (κ1) is 17.2. The first-order valence-corrected chi connectivity index (χ1v) is 9.69. The fraction of sp³-hybridized carbons (Fsp3) is 0.444. The van der Waals surface area contributed by atoms with Gasteiger partial charge in [-0.2, -0.15) is 4.31 Å². The Kier molecular flexibility index (Phi) is 4.78. The third kappa shape index (κ3) is 3.39. The van der Waals surface area contributed by atoms with Gasteiger partial charge in [0, 0.05) is 32.0 Å². The van der Waals surface area contributed by atoms with Crippen molar-refractivity contribution in [3.63, 3.8) is 0 Å². The first-order valence-electron chi connectivity index (χ1n) is 8.25. The Morgan fingerprint density at radius 3 is 2.42 bits per heavy atom. The van der Waals surface area contributed by atoms with Crippen LogP contribution < -0.4 is 0 Å². The lowest BCUT2D eigenvalue weighted by atomic mass is 10.00. The summed E-state index contributed by atoms with van der Waals surface area (Å²) in [6.07, 6.45) is 5.87. The maximum Gasteiger partial charge on any atom is 0.243 e. The fourth-order valence-electron chi connectivity index (χ4n) is 3.39. The largest absolute Gasteiger partial charge is 0.354 e. The fourth-order valence-corrected chi connectivity index (χ4v) is 5.11. The molecule has 1 atom stereocenters. The number of piperidine rings is 1. The van der Waals surface area contributed by atoms with Crippen LogP contribution in [-0.2, 0) is 16.6 Å². The zero-order valence-corrected chi connectivity index (χ0v) is 14.9. The number of rotatable bonds is 4. The van der Waals surface area contributed by atoms with Gasteiger partial charge in [0.1, 0.15) is 5.82 Å². The van der Waals surface area contributed by atoms with E-state index in [9.17, 15) is 12.8 Å². The van der Waals surface area contributed by atoms with Crippen LogP contribution in [0.5, 0.6) is 0 Å². The van der Waals surface area contributed by atoms with Gasteiger partial charge in [-0.05, 0) is 68.0 Å². The van der Waals surface area contributed by atoms with Crippen LogP contribution in [0.15, 0.2) is 41.6 Å². The van der Waals surface area contributed by atoms with E-state index in [0.29, 0.717) is 30.1 Å². The Balaban J connectivity index is 1.81. The number of benzene rings is 1. The van der Waals surface area contributed by atoms with E-state index in [0.717, 1.165) is 19.4 Å². The molecule has 1 aliphatic heterocycles. The number of aromatic nitrogens is 1. The molecule has 0 saturated carbocycles. The topological polar surface area (TPSA) is 42.3 Å². The summed E-state index contributed by atoms with van der Waals surface area (Å²) < 4.78 is 43.3. The molecule has 0 amide bonds. The van der Waals surface area contributed by atoms with Gasteiger partial charge in [0.15, 0.2) is 0 Å². The van der Waals surface area contributed by atoms with Crippen LogP contribution >= 0.6 is 0 Å². The predicted octanol–water partition coefficient (Wildman–Crippen LogP) is 3.34. The van der Waals surface area contributed by atoms with E-state index in [2.05, 4.69) is 4.57 Å². The molecule has 6 heteroatoms. The highest BCUT2D eigenvalue weighted by Crippen LogP contribution is 2.27. The molecule has 1 aromatic heterocycles. The van der Waals surface area contributed by atoms with Gasteiger partial charge in [0.2, 0.25) is 10.0 Å². The van der Waals surface area contributed by atoms with Crippen molar-refractivity contribution in [2.24, 2.45) is 5.92 Å². The molecule has 1 saturated heterocycles. The average molecular weight is 350 g/mol. The van der Waals surface area contributed by atoms with E-state index in [1.165, 1.54) is 12.1 Å². The molecule has 2 aromatic rings. The summed E-state index contributed by atoms with van der Waals surface area (Å²) in [7, 11) is -3.58. The second kappa shape index (κ2) is 6.69. The molecule has 0 bridgehead atoms. The molecule has 0 aliphatic carbocycles. The van der Waals surface area contributed by atoms with Crippen molar-refractivity contribution in [3.8, 4) is 0 Å². The number of hydrogen-bond donors (Lipinski definition) is 0. The van der Waals surface area contributed by atoms with Crippen LogP contribution in [0, 0.1) is 25.6 Å². The zero-order chi connectivity index (χ0) is 17.3. The normalized spacial score (nSPS) is 19.5. The Labute approximate surface area is 143 Å². The summed E-state index contributed by atoms with van der Waals surface area (Å²) in [5.74, 6) is -0.0401. The summed E-state index contributed by atoms with van der Waals surface area (Å²) in [5, 5.41) is 0. The molecular weight excluding hydrogens is 327 g/mol. The Morgan fingerprint density at radius 2 is 1.79 bits per heavy atom. The minimum Gasteiger partial charge on any atom is -0.354 e. The van der Waals surface area contributed by atoms with E-state index >= 15 is 0 Å². The minimum atomic E-state index is -3.58. The Morgan fingerprint density at radius 1 is 1.17 bits per heavy atom. The molecule has 1 aliphatic rings. The molecular formula is C18H23FN2O2S. The summed E-state index contributed by atoms with van der Waals surface area (Å²) in [4.78, 5) is 0.195. The number of sulfonamides is 1. The molecule has 1 fully saturated rings. The molecule has 130 valence electrons. The lowest BCUT2D eigenvalue weighted by molar-refractivity contribution is 0.245. The van der Waals surface area contributed by atoms with Gasteiger partial charge in [-0.3, -0.25) is 0 Å². The Bertz CT molecular complexity index is 793. The lowest BCUT2D eigenvalue weighted by Gasteiger charge is -2.32. The third-order valence-corrected chi connectivity index (χ3v) is 6.51. The van der Waals surface area contributed by atoms with Crippen molar-refractivity contribution in [3.05, 3.63) is 53.6 Å². The zero-order valence-electron chi connectivity index (χ0n) is 14.1. The van der Waals surface area contributed by atoms with Crippen LogP contribution in [0.2, 0.25) is 0 Å². The second-order valence-corrected chi connectivity index (χ2v) is 8.56. The Hall–Kier alpha value is -1.66. The average Bonchev–Trinajstić information content (AvgIpc) is 3.05. The first-order chi connectivity index (χ1) is 11.4. The van der Waals surface area contributed by atoms with Crippen molar-refractivity contribution >= 4 is 10.0 Å². The maximum absolute atomic E-state index is 13.8. The van der Waals surface area contributed by atoms with Crippen molar-refractivity contribution in [2.45, 2.75) is 38.1 Å². The van der Waals surface area contributed by atoms with Crippen molar-refractivity contribution in [1.29, 1.82) is 0 Å². The van der Waals surface area contributed by atoms with Gasteiger partial charge >= 0.3 is 0 Å². The van der Waals surface area contributed by atoms with Crippen LogP contribution in [0.25, 0.3) is 0 Å². The highest BCUT2D eigenvalue weighted by Gasteiger charge is 2.31. The van der Waals surface area contributed by atoms with Crippen LogP contribution in [-0.4, -0.2) is 30.4 Å². The van der Waals surface area contributed by atoms with Crippen LogP contribution in [0.3, 0.4) is 0 Å². The van der Waals surface area contributed by atoms with Gasteiger partial charge in [0.25, 0.3) is 0 Å². The van der Waals surface area contributed by atoms with E-state index in [1.807, 2.05) is 24.5 Å². The van der Waals surface area contributed by atoms with Crippen molar-refractivity contribution in [2.75, 3.05) is 13.1 Å². The van der Waals surface area contributed by atoms with E-state index in [-0.39, 0.29) is 10.7 Å². The third-order valence-electron chi connectivity index (χ3n) is 4.66. The molecule has 24 heavy (non-hydrogen) atoms. The number of halogens is 1. The maximum atomic E-state index is 13.8. The number of aryl methyl sites for hydroxylation is 2. The summed E-state index contributed by atoms with van der Waals surface area (Å²) in [6, 6.07) is 6.82. The van der Waals surface area contributed by atoms with E-state index in [4.69, 9.17) is 0 Å². The van der Waals surface area contributed by atoms with Gasteiger partial charge in [-0.25, -0.2) is 12.8 Å². The summed E-state index contributed by atoms with van der Waals surface area (Å²) in [5.41, 5.74) is 0.740. The predicted molar refractivity (Wildman–Crippen MR) is 91.8 cm³/mol. The molecule has 0 N–H and O–H groups in total. The second-order valence-electron chi connectivity index (χ2n) is 6.62. The SMILES string of the molecule is Cc1cc(S(=O)(=O)N2CCC[C@H](Cn3cccc3)C2)cc(C)c1F. The standard InChI is InChI=1S/C18H23FN2O2S/c1-14-10-17(11-15(2)18(14)19)24(22,23)21-9-5-6-16(13-21)12-20-7-3-4-8-20/h3-4,7-8,10-11,16H,5-6,9,12-13H2,1-2H3/t16-/m1/s1. The van der Waals surface area contributed by atoms with Crippen molar-refractivity contribution in [1.82, 2.24) is 8.87 Å². The smallest absolute Gasteiger partial charge is 0.243 e. The van der Waals surface area contributed by atoms with Crippen LogP contribution in [0.4, 0.5) is 4.39 Å². The molecule has 0 unspecified atom stereocenters. The van der Waals surface area contributed by atoms with Gasteiger partial charge in [-0.15, -0.1) is 0 Å². The lowest BCUT2D eigenvalue weighted by Crippen LogP contribution is -2.41. The van der Waals surface area contributed by atoms with E-state index < -0.39 is 10.0 Å². The van der Waals surface area contributed by atoms with Gasteiger partial charge in [-0.1, -0.05) is 0 Å².